The van der Waals surface area contributed by atoms with Crippen LogP contribution in [0.5, 0.6) is 5.75 Å². The first-order chi connectivity index (χ1) is 15.3. The van der Waals surface area contributed by atoms with Gasteiger partial charge < -0.3 is 15.4 Å². The van der Waals surface area contributed by atoms with Gasteiger partial charge in [-0.1, -0.05) is 24.3 Å². The number of nitrogens with one attached hydrogen (secondary N) is 2. The molecule has 1 heterocycles. The minimum atomic E-state index is -3.72. The van der Waals surface area contributed by atoms with Crippen LogP contribution in [-0.2, 0) is 16.6 Å². The molecule has 0 fully saturated rings. The second kappa shape index (κ2) is 8.75. The Morgan fingerprint density at radius 3 is 2.34 bits per heavy atom. The van der Waals surface area contributed by atoms with E-state index in [1.807, 2.05) is 0 Å². The number of benzene rings is 3. The molecule has 0 saturated heterocycles. The van der Waals surface area contributed by atoms with Gasteiger partial charge in [0.25, 0.3) is 15.9 Å². The summed E-state index contributed by atoms with van der Waals surface area (Å²) in [5.74, 6) is -0.0619. The fourth-order valence-electron chi connectivity index (χ4n) is 3.11. The van der Waals surface area contributed by atoms with Crippen LogP contribution in [0, 0.1) is 0 Å². The molecule has 0 aliphatic carbocycles. The van der Waals surface area contributed by atoms with Gasteiger partial charge in [0.15, 0.2) is 5.84 Å². The van der Waals surface area contributed by atoms with Crippen LogP contribution in [0.4, 0.5) is 14.5 Å². The van der Waals surface area contributed by atoms with Crippen LogP contribution in [0.2, 0.25) is 0 Å². The Morgan fingerprint density at radius 1 is 0.969 bits per heavy atom. The Hall–Kier alpha value is -3.79. The zero-order valence-electron chi connectivity index (χ0n) is 16.5. The number of carbonyl (C=O) groups is 1. The van der Waals surface area contributed by atoms with Crippen molar-refractivity contribution in [1.82, 2.24) is 5.32 Å². The molecule has 164 valence electrons. The first-order valence-corrected chi connectivity index (χ1v) is 10.9. The van der Waals surface area contributed by atoms with Crippen molar-refractivity contribution in [3.8, 4) is 5.75 Å². The number of alkyl halides is 2. The highest BCUT2D eigenvalue weighted by molar-refractivity contribution is 7.90. The van der Waals surface area contributed by atoms with Crippen LogP contribution in [-0.4, -0.2) is 26.8 Å². The highest BCUT2D eigenvalue weighted by Gasteiger charge is 2.28. The summed E-state index contributed by atoms with van der Waals surface area (Å²) < 4.78 is 56.7. The average Bonchev–Trinajstić information content (AvgIpc) is 3.03. The quantitative estimate of drug-likeness (QED) is 0.587. The maximum absolute atomic E-state index is 12.4. The van der Waals surface area contributed by atoms with E-state index in [4.69, 9.17) is 0 Å². The Labute approximate surface area is 182 Å². The van der Waals surface area contributed by atoms with Crippen molar-refractivity contribution in [3.63, 3.8) is 0 Å². The topological polar surface area (TPSA) is 96.9 Å². The maximum Gasteiger partial charge on any atom is 0.387 e. The number of ether oxygens (including phenoxy) is 1. The van der Waals surface area contributed by atoms with E-state index in [2.05, 4.69) is 19.8 Å². The minimum absolute atomic E-state index is 0.0421. The molecule has 10 heteroatoms. The van der Waals surface area contributed by atoms with Crippen LogP contribution in [0.1, 0.15) is 21.5 Å². The van der Waals surface area contributed by atoms with Gasteiger partial charge in [-0.15, -0.1) is 4.40 Å². The Bertz CT molecular complexity index is 1280. The summed E-state index contributed by atoms with van der Waals surface area (Å²) in [6, 6.07) is 18.9. The van der Waals surface area contributed by atoms with E-state index < -0.39 is 16.6 Å². The molecule has 7 nitrogen and oxygen atoms in total. The molecule has 0 saturated carbocycles. The number of carbonyl (C=O) groups excluding carboxylic acids is 1. The number of hydrogen-bond acceptors (Lipinski definition) is 5. The molecule has 0 atom stereocenters. The van der Waals surface area contributed by atoms with Gasteiger partial charge in [-0.3, -0.25) is 4.79 Å². The number of anilines is 1. The molecule has 4 rings (SSSR count). The third-order valence-corrected chi connectivity index (χ3v) is 5.98. The number of nitrogens with zero attached hydrogens (tertiary/aromatic N) is 1. The molecule has 3 aromatic carbocycles. The molecule has 1 aliphatic rings. The van der Waals surface area contributed by atoms with Crippen LogP contribution in [0.15, 0.2) is 82.1 Å². The van der Waals surface area contributed by atoms with Crippen molar-refractivity contribution < 1.29 is 26.7 Å². The molecule has 0 radical (unpaired) electrons. The van der Waals surface area contributed by atoms with Crippen LogP contribution >= 0.6 is 0 Å². The van der Waals surface area contributed by atoms with Crippen molar-refractivity contribution >= 4 is 27.5 Å². The summed E-state index contributed by atoms with van der Waals surface area (Å²) in [7, 11) is -3.72. The second-order valence-corrected chi connectivity index (χ2v) is 8.39. The van der Waals surface area contributed by atoms with E-state index >= 15 is 0 Å². The van der Waals surface area contributed by atoms with Crippen molar-refractivity contribution in [1.29, 1.82) is 0 Å². The number of halogens is 2. The number of rotatable bonds is 6. The number of amides is 1. The highest BCUT2D eigenvalue weighted by Crippen LogP contribution is 2.26. The van der Waals surface area contributed by atoms with Crippen molar-refractivity contribution in [3.05, 3.63) is 89.5 Å². The van der Waals surface area contributed by atoms with Crippen LogP contribution in [0.3, 0.4) is 0 Å². The lowest BCUT2D eigenvalue weighted by atomic mass is 10.1. The zero-order chi connectivity index (χ0) is 22.7. The van der Waals surface area contributed by atoms with E-state index in [1.165, 1.54) is 18.2 Å². The largest absolute Gasteiger partial charge is 0.435 e. The van der Waals surface area contributed by atoms with E-state index in [9.17, 15) is 22.0 Å². The summed E-state index contributed by atoms with van der Waals surface area (Å²) in [5.41, 5.74) is 2.17. The van der Waals surface area contributed by atoms with E-state index in [-0.39, 0.29) is 28.9 Å². The molecule has 1 aliphatic heterocycles. The summed E-state index contributed by atoms with van der Waals surface area (Å²) >= 11 is 0. The number of sulfonamides is 1. The Morgan fingerprint density at radius 2 is 1.66 bits per heavy atom. The van der Waals surface area contributed by atoms with Gasteiger partial charge in [0, 0.05) is 23.4 Å². The first kappa shape index (κ1) is 21.4. The fourth-order valence-corrected chi connectivity index (χ4v) is 4.29. The normalized spacial score (nSPS) is 13.9. The van der Waals surface area contributed by atoms with Gasteiger partial charge >= 0.3 is 6.61 Å². The average molecular weight is 457 g/mol. The lowest BCUT2D eigenvalue weighted by Gasteiger charge is -2.09. The van der Waals surface area contributed by atoms with Crippen LogP contribution in [0.25, 0.3) is 0 Å². The smallest absolute Gasteiger partial charge is 0.387 e. The highest BCUT2D eigenvalue weighted by atomic mass is 32.2. The van der Waals surface area contributed by atoms with Crippen molar-refractivity contribution in [2.45, 2.75) is 18.1 Å². The first-order valence-electron chi connectivity index (χ1n) is 9.45. The Kier molecular flexibility index (Phi) is 5.87. The molecule has 0 aromatic heterocycles. The molecule has 3 aromatic rings. The van der Waals surface area contributed by atoms with E-state index in [0.717, 1.165) is 5.56 Å². The number of amidine groups is 1. The van der Waals surface area contributed by atoms with Crippen LogP contribution < -0.4 is 15.4 Å². The third-order valence-electron chi connectivity index (χ3n) is 4.64. The van der Waals surface area contributed by atoms with Gasteiger partial charge in [-0.05, 0) is 54.1 Å². The lowest BCUT2D eigenvalue weighted by molar-refractivity contribution is -0.0498. The molecular formula is C22H17F2N3O4S. The van der Waals surface area contributed by atoms with Crippen molar-refractivity contribution in [2.75, 3.05) is 5.32 Å². The standard InChI is InChI=1S/C22H17F2N3O4S/c23-22(24)31-17-11-5-14(6-12-17)13-25-21(28)15-7-9-16(10-8-15)26-20-18-3-1-2-4-19(18)32(29,30)27-20/h1-12,22H,13H2,(H,25,28)(H,26,27). The maximum atomic E-state index is 12.4. The molecule has 0 unspecified atom stereocenters. The third kappa shape index (κ3) is 4.75. The molecule has 2 N–H and O–H groups in total. The molecule has 0 bridgehead atoms. The molecule has 32 heavy (non-hydrogen) atoms. The SMILES string of the molecule is O=C(NCc1ccc(OC(F)F)cc1)c1ccc(NC2=NS(=O)(=O)c3ccccc32)cc1. The molecule has 0 spiro atoms. The summed E-state index contributed by atoms with van der Waals surface area (Å²) in [5, 5.41) is 5.71. The van der Waals surface area contributed by atoms with Gasteiger partial charge in [0.05, 0.1) is 0 Å². The lowest BCUT2D eigenvalue weighted by Crippen LogP contribution is -2.22. The monoisotopic (exact) mass is 457 g/mol. The van der Waals surface area contributed by atoms with Gasteiger partial charge in [0.2, 0.25) is 0 Å². The summed E-state index contributed by atoms with van der Waals surface area (Å²) in [4.78, 5) is 12.5. The molecular weight excluding hydrogens is 440 g/mol. The minimum Gasteiger partial charge on any atom is -0.435 e. The predicted molar refractivity (Wildman–Crippen MR) is 114 cm³/mol. The fraction of sp³-hybridized carbons (Fsp3) is 0.0909. The number of fused-ring (bicyclic) bond motifs is 1. The van der Waals surface area contributed by atoms with E-state index in [1.54, 1.807) is 54.6 Å². The zero-order valence-corrected chi connectivity index (χ0v) is 17.3. The predicted octanol–water partition coefficient (Wildman–Crippen LogP) is 3.78. The van der Waals surface area contributed by atoms with Crippen molar-refractivity contribution in [2.24, 2.45) is 4.40 Å². The van der Waals surface area contributed by atoms with Gasteiger partial charge in [-0.2, -0.15) is 17.2 Å². The van der Waals surface area contributed by atoms with E-state index in [0.29, 0.717) is 16.8 Å². The number of hydrogen-bond donors (Lipinski definition) is 2. The molecule has 1 amide bonds. The second-order valence-electron chi connectivity index (χ2n) is 6.82. The van der Waals surface area contributed by atoms with Gasteiger partial charge in [0.1, 0.15) is 10.6 Å². The Balaban J connectivity index is 1.37. The van der Waals surface area contributed by atoms with Gasteiger partial charge in [-0.25, -0.2) is 0 Å². The summed E-state index contributed by atoms with van der Waals surface area (Å²) in [6.07, 6.45) is 0. The summed E-state index contributed by atoms with van der Waals surface area (Å²) in [6.45, 7) is -2.68.